The monoisotopic (exact) mass is 1070 g/mol. The zero-order valence-electron chi connectivity index (χ0n) is 45.7. The van der Waals surface area contributed by atoms with Gasteiger partial charge >= 0.3 is 0 Å². The number of para-hydroxylation sites is 2. The molecular weight excluding hydrogens is 1020 g/mol. The first kappa shape index (κ1) is 47.8. The summed E-state index contributed by atoms with van der Waals surface area (Å²) in [7, 11) is 0. The van der Waals surface area contributed by atoms with E-state index in [-0.39, 0.29) is 0 Å². The zero-order valence-corrected chi connectivity index (χ0v) is 45.7. The van der Waals surface area contributed by atoms with Crippen LogP contribution in [0.2, 0.25) is 0 Å². The van der Waals surface area contributed by atoms with E-state index >= 15 is 0 Å². The average Bonchev–Trinajstić information content (AvgIpc) is 2.26. The lowest BCUT2D eigenvalue weighted by atomic mass is 9.67. The van der Waals surface area contributed by atoms with Gasteiger partial charge in [0.25, 0.3) is 0 Å². The van der Waals surface area contributed by atoms with Crippen molar-refractivity contribution in [1.82, 2.24) is 0 Å². The molecule has 2 heterocycles. The first-order chi connectivity index (χ1) is 41.7. The Morgan fingerprint density at radius 2 is 0.643 bits per heavy atom. The van der Waals surface area contributed by atoms with Gasteiger partial charge in [0.2, 0.25) is 0 Å². The van der Waals surface area contributed by atoms with Gasteiger partial charge in [0.1, 0.15) is 22.3 Å². The molecular formula is C80H52N2O2. The van der Waals surface area contributed by atoms with Crippen LogP contribution in [0.5, 0.6) is 0 Å². The maximum absolute atomic E-state index is 6.71. The van der Waals surface area contributed by atoms with Crippen molar-refractivity contribution in [2.24, 2.45) is 0 Å². The molecule has 4 heteroatoms. The lowest BCUT2D eigenvalue weighted by Crippen LogP contribution is -2.28. The first-order valence-corrected chi connectivity index (χ1v) is 28.9. The quantitative estimate of drug-likeness (QED) is 0.137. The number of anilines is 6. The molecule has 0 atom stereocenters. The van der Waals surface area contributed by atoms with Crippen molar-refractivity contribution in [2.75, 3.05) is 9.80 Å². The molecule has 394 valence electrons. The van der Waals surface area contributed by atoms with Crippen LogP contribution in [-0.4, -0.2) is 0 Å². The number of furan rings is 2. The third-order valence-corrected chi connectivity index (χ3v) is 18.0. The van der Waals surface area contributed by atoms with Crippen LogP contribution in [0.25, 0.3) is 66.1 Å². The minimum atomic E-state index is -0.603. The molecule has 0 spiro atoms. The van der Waals surface area contributed by atoms with E-state index in [1.807, 2.05) is 12.1 Å². The minimum absolute atomic E-state index is 0.546. The fourth-order valence-electron chi connectivity index (χ4n) is 14.6. The second-order valence-corrected chi connectivity index (χ2v) is 22.2. The molecule has 4 nitrogen and oxygen atoms in total. The van der Waals surface area contributed by atoms with Gasteiger partial charge in [-0.25, -0.2) is 0 Å². The molecule has 0 radical (unpaired) electrons. The summed E-state index contributed by atoms with van der Waals surface area (Å²) in [6.45, 7) is 0. The zero-order chi connectivity index (χ0) is 55.3. The van der Waals surface area contributed by atoms with Gasteiger partial charge < -0.3 is 18.6 Å². The third-order valence-electron chi connectivity index (χ3n) is 18.0. The predicted molar refractivity (Wildman–Crippen MR) is 345 cm³/mol. The molecule has 0 saturated heterocycles. The van der Waals surface area contributed by atoms with Crippen molar-refractivity contribution in [1.29, 1.82) is 0 Å². The summed E-state index contributed by atoms with van der Waals surface area (Å²) in [5.74, 6) is 0. The van der Waals surface area contributed by atoms with Gasteiger partial charge in [-0.1, -0.05) is 231 Å². The van der Waals surface area contributed by atoms with Gasteiger partial charge in [-0.05, 0) is 146 Å². The van der Waals surface area contributed by atoms with Gasteiger partial charge in [-0.3, -0.25) is 0 Å². The molecule has 0 aliphatic heterocycles. The van der Waals surface area contributed by atoms with Crippen LogP contribution in [0.1, 0.15) is 44.5 Å². The van der Waals surface area contributed by atoms with Crippen LogP contribution < -0.4 is 9.80 Å². The summed E-state index contributed by atoms with van der Waals surface area (Å²) in [6, 6.07) is 115. The maximum atomic E-state index is 6.71. The van der Waals surface area contributed by atoms with Crippen LogP contribution in [0.15, 0.2) is 324 Å². The Morgan fingerprint density at radius 3 is 1.30 bits per heavy atom. The molecule has 2 aliphatic carbocycles. The number of hydrogen-bond donors (Lipinski definition) is 0. The van der Waals surface area contributed by atoms with E-state index in [0.29, 0.717) is 0 Å². The van der Waals surface area contributed by atoms with E-state index in [9.17, 15) is 0 Å². The Balaban J connectivity index is 0.915. The van der Waals surface area contributed by atoms with Crippen molar-refractivity contribution in [3.05, 3.63) is 360 Å². The van der Waals surface area contributed by atoms with E-state index in [0.717, 1.165) is 78.0 Å². The lowest BCUT2D eigenvalue weighted by molar-refractivity contribution is 0.668. The topological polar surface area (TPSA) is 32.8 Å². The van der Waals surface area contributed by atoms with E-state index in [1.165, 1.54) is 66.8 Å². The van der Waals surface area contributed by atoms with Crippen molar-refractivity contribution >= 4 is 78.0 Å². The molecule has 15 aromatic rings. The predicted octanol–water partition coefficient (Wildman–Crippen LogP) is 21.2. The molecule has 17 rings (SSSR count). The van der Waals surface area contributed by atoms with Crippen molar-refractivity contribution in [3.63, 3.8) is 0 Å². The Morgan fingerprint density at radius 1 is 0.226 bits per heavy atom. The van der Waals surface area contributed by atoms with Crippen LogP contribution >= 0.6 is 0 Å². The van der Waals surface area contributed by atoms with Gasteiger partial charge in [-0.15, -0.1) is 0 Å². The highest BCUT2D eigenvalue weighted by Crippen LogP contribution is 2.60. The second-order valence-electron chi connectivity index (χ2n) is 22.2. The van der Waals surface area contributed by atoms with Gasteiger partial charge in [-0.2, -0.15) is 0 Å². The number of nitrogens with zero attached hydrogens (tertiary/aromatic N) is 2. The summed E-state index contributed by atoms with van der Waals surface area (Å²) in [6.07, 6.45) is 0. The Kier molecular flexibility index (Phi) is 10.7. The standard InChI is InChI=1S/C80H52N2O2/c1-5-23-53(24-6-1)79(54-25-7-2-8-26-54)70-38-18-14-34-63(70)68-50-59(45-48-71(68)79)82(73-39-22-42-76-78(73)67-36-16-20-41-75(67)83-76)58-32-21-31-57(49-58)81(61-44-47-66-65-35-15-19-40-74(65)84-77(66)52-61)60-43-46-64-62-33-13-17-37-69(62)80(72(64)51-60,55-27-9-3-10-28-55)56-29-11-4-12-30-56/h1-52H. The summed E-state index contributed by atoms with van der Waals surface area (Å²) >= 11 is 0. The Hall–Kier alpha value is -10.9. The van der Waals surface area contributed by atoms with Crippen molar-refractivity contribution in [2.45, 2.75) is 10.8 Å². The van der Waals surface area contributed by atoms with E-state index in [4.69, 9.17) is 8.83 Å². The highest BCUT2D eigenvalue weighted by molar-refractivity contribution is 6.14. The largest absolute Gasteiger partial charge is 0.456 e. The van der Waals surface area contributed by atoms with Gasteiger partial charge in [0.05, 0.1) is 21.9 Å². The van der Waals surface area contributed by atoms with Gasteiger partial charge in [0, 0.05) is 50.7 Å². The van der Waals surface area contributed by atoms with Crippen LogP contribution in [-0.2, 0) is 10.8 Å². The molecule has 0 fully saturated rings. The maximum Gasteiger partial charge on any atom is 0.137 e. The molecule has 0 N–H and O–H groups in total. The molecule has 0 saturated carbocycles. The molecule has 2 aromatic heterocycles. The molecule has 84 heavy (non-hydrogen) atoms. The first-order valence-electron chi connectivity index (χ1n) is 28.9. The fourth-order valence-corrected chi connectivity index (χ4v) is 14.6. The van der Waals surface area contributed by atoms with Crippen molar-refractivity contribution in [3.8, 4) is 22.3 Å². The summed E-state index contributed by atoms with van der Waals surface area (Å²) in [5.41, 5.74) is 23.0. The SMILES string of the molecule is c1ccc(C2(c3ccccc3)c3ccccc3-c3cc(N(c4cccc(N(c5ccc6c(c5)C(c5ccccc5)(c5ccccc5)c5ccccc5-6)c5ccc6c(c5)oc5ccccc56)c4)c4cccc5oc6ccccc6c45)ccc32)cc1. The molecule has 0 amide bonds. The molecule has 0 unspecified atom stereocenters. The molecule has 2 aliphatic rings. The number of hydrogen-bond acceptors (Lipinski definition) is 4. The number of fused-ring (bicyclic) bond motifs is 12. The molecule has 13 aromatic carbocycles. The van der Waals surface area contributed by atoms with E-state index < -0.39 is 10.8 Å². The summed E-state index contributed by atoms with van der Waals surface area (Å²) in [4.78, 5) is 4.86. The normalized spacial score (nSPS) is 13.4. The fraction of sp³-hybridized carbons (Fsp3) is 0.0250. The lowest BCUT2D eigenvalue weighted by Gasteiger charge is -2.35. The average molecular weight is 1070 g/mol. The number of benzene rings is 13. The molecule has 0 bridgehead atoms. The summed E-state index contributed by atoms with van der Waals surface area (Å²) in [5, 5.41) is 4.28. The van der Waals surface area contributed by atoms with Crippen molar-refractivity contribution < 1.29 is 8.83 Å². The highest BCUT2D eigenvalue weighted by Gasteiger charge is 2.48. The summed E-state index contributed by atoms with van der Waals surface area (Å²) < 4.78 is 13.4. The van der Waals surface area contributed by atoms with E-state index in [2.05, 4.69) is 313 Å². The number of rotatable bonds is 10. The second kappa shape index (κ2) is 18.8. The van der Waals surface area contributed by atoms with E-state index in [1.54, 1.807) is 0 Å². The Labute approximate surface area is 487 Å². The Bertz CT molecular complexity index is 4960. The minimum Gasteiger partial charge on any atom is -0.456 e. The van der Waals surface area contributed by atoms with Gasteiger partial charge in [0.15, 0.2) is 0 Å². The van der Waals surface area contributed by atoms with Crippen LogP contribution in [0.3, 0.4) is 0 Å². The smallest absolute Gasteiger partial charge is 0.137 e. The highest BCUT2D eigenvalue weighted by atomic mass is 16.3. The van der Waals surface area contributed by atoms with Crippen LogP contribution in [0, 0.1) is 0 Å². The van der Waals surface area contributed by atoms with Crippen LogP contribution in [0.4, 0.5) is 34.1 Å². The third kappa shape index (κ3) is 6.95.